The van der Waals surface area contributed by atoms with Gasteiger partial charge in [0.1, 0.15) is 11.5 Å². The average Bonchev–Trinajstić information content (AvgIpc) is 3.46. The molecule has 19 heteroatoms. The lowest BCUT2D eigenvalue weighted by Crippen LogP contribution is -2.52. The third kappa shape index (κ3) is 16.9. The second kappa shape index (κ2) is 29.5. The van der Waals surface area contributed by atoms with Gasteiger partial charge in [-0.1, -0.05) is 38.1 Å². The fourth-order valence-corrected chi connectivity index (χ4v) is 13.6. The van der Waals surface area contributed by atoms with E-state index in [1.807, 2.05) is 13.0 Å². The van der Waals surface area contributed by atoms with Gasteiger partial charge in [-0.05, 0) is 134 Å². The van der Waals surface area contributed by atoms with Gasteiger partial charge in [-0.25, -0.2) is 16.8 Å². The van der Waals surface area contributed by atoms with Gasteiger partial charge >= 0.3 is 0 Å². The van der Waals surface area contributed by atoms with E-state index < -0.39 is 19.1 Å². The van der Waals surface area contributed by atoms with E-state index in [0.29, 0.717) is 35.6 Å². The Morgan fingerprint density at radius 2 is 0.935 bits per heavy atom. The van der Waals surface area contributed by atoms with E-state index in [1.54, 1.807) is 29.6 Å². The Kier molecular flexibility index (Phi) is 23.6. The van der Waals surface area contributed by atoms with Crippen molar-refractivity contribution in [3.05, 3.63) is 84.9 Å². The van der Waals surface area contributed by atoms with Crippen molar-refractivity contribution in [1.29, 1.82) is 0 Å². The van der Waals surface area contributed by atoms with E-state index in [9.17, 15) is 16.8 Å². The van der Waals surface area contributed by atoms with Crippen molar-refractivity contribution in [2.45, 2.75) is 139 Å². The van der Waals surface area contributed by atoms with E-state index in [2.05, 4.69) is 102 Å². The highest BCUT2D eigenvalue weighted by Gasteiger charge is 2.36. The topological polar surface area (TPSA) is 152 Å². The van der Waals surface area contributed by atoms with Crippen LogP contribution in [0.2, 0.25) is 0 Å². The summed E-state index contributed by atoms with van der Waals surface area (Å²) in [5, 5.41) is 3.62. The van der Waals surface area contributed by atoms with Crippen LogP contribution in [0.4, 0.5) is 11.4 Å². The van der Waals surface area contributed by atoms with Gasteiger partial charge in [-0.15, -0.1) is 0 Å². The van der Waals surface area contributed by atoms with Crippen LogP contribution in [0.25, 0.3) is 0 Å². The van der Waals surface area contributed by atoms with Gasteiger partial charge in [0.05, 0.1) is 61.8 Å². The normalized spacial score (nSPS) is 20.6. The van der Waals surface area contributed by atoms with E-state index in [0.717, 1.165) is 95.1 Å². The molecule has 0 bridgehead atoms. The summed E-state index contributed by atoms with van der Waals surface area (Å²) in [7, 11) is 3.75. The molecule has 0 unspecified atom stereocenters. The van der Waals surface area contributed by atoms with Crippen LogP contribution in [0.3, 0.4) is 0 Å². The third-order valence-electron chi connectivity index (χ3n) is 15.0. The number of nitrogens with one attached hydrogen (secondary N) is 1. The Balaban J connectivity index is 0.000000210. The van der Waals surface area contributed by atoms with Crippen molar-refractivity contribution in [2.75, 3.05) is 104 Å². The first-order chi connectivity index (χ1) is 36.9. The molecule has 4 aromatic carbocycles. The van der Waals surface area contributed by atoms with Crippen molar-refractivity contribution < 1.29 is 45.3 Å². The minimum Gasteiger partial charge on any atom is -0.493 e. The van der Waals surface area contributed by atoms with Gasteiger partial charge in [0.2, 0.25) is 10.0 Å². The molecule has 428 valence electrons. The number of hydrogen-bond donors (Lipinski definition) is 1. The summed E-state index contributed by atoms with van der Waals surface area (Å²) in [6.45, 7) is 22.5. The zero-order chi connectivity index (χ0) is 55.7. The summed E-state index contributed by atoms with van der Waals surface area (Å²) in [6.07, 6.45) is 9.50. The third-order valence-corrected chi connectivity index (χ3v) is 18.3. The van der Waals surface area contributed by atoms with Crippen LogP contribution in [0.5, 0.6) is 34.5 Å². The lowest BCUT2D eigenvalue weighted by molar-refractivity contribution is 0.120. The summed E-state index contributed by atoms with van der Waals surface area (Å²) in [6, 6.07) is 27.8. The summed E-state index contributed by atoms with van der Waals surface area (Å²) in [4.78, 5) is 10.5. The highest BCUT2D eigenvalue weighted by Crippen LogP contribution is 2.37. The molecule has 2 aliphatic heterocycles. The second-order valence-corrected chi connectivity index (χ2v) is 25.0. The number of nitrogens with zero attached hydrogens (tertiary/aromatic N) is 5. The molecule has 77 heavy (non-hydrogen) atoms. The minimum atomic E-state index is -3.72. The van der Waals surface area contributed by atoms with Crippen LogP contribution < -0.4 is 43.5 Å². The van der Waals surface area contributed by atoms with Gasteiger partial charge in [-0.3, -0.25) is 9.80 Å². The van der Waals surface area contributed by atoms with Crippen molar-refractivity contribution in [3.8, 4) is 34.5 Å². The molecule has 0 atom stereocenters. The van der Waals surface area contributed by atoms with Crippen molar-refractivity contribution in [2.24, 2.45) is 0 Å². The smallest absolute Gasteiger partial charge is 0.261 e. The zero-order valence-electron chi connectivity index (χ0n) is 47.3. The lowest BCUT2D eigenvalue weighted by Gasteiger charge is -2.44. The Morgan fingerprint density at radius 1 is 0.532 bits per heavy atom. The number of ether oxygens (including phenoxy) is 6. The molecule has 0 aromatic heterocycles. The van der Waals surface area contributed by atoms with Crippen LogP contribution in [0.15, 0.2) is 94.7 Å². The molecule has 4 aliphatic rings. The molecule has 2 saturated carbocycles. The van der Waals surface area contributed by atoms with E-state index in [-0.39, 0.29) is 28.0 Å². The average molecular weight is 1130 g/mol. The molecule has 2 saturated heterocycles. The molecular formula is C58H87ClN6O10S2. The van der Waals surface area contributed by atoms with Crippen LogP contribution in [-0.4, -0.2) is 161 Å². The molecule has 2 aliphatic carbocycles. The standard InChI is InChI=1S/C29H43N3O5S.C21H35N3O.C8H9ClO4S/c1-6-32(38(33,34)25-15-16-28(35-4)29(21-25)36-5)24-13-11-23(12-14-24)30-17-19-31(20-18-30)26-9-7-8-10-27(26)37-22(2)3;1-4-22-18-9-11-19(12-10-18)23-13-15-24(16-14-23)20-7-5-6-8-21(20)25-17(2)3;1-12-7-4-3-6(14(9,10)11)5-8(7)13-2/h7-10,15-16,21-24H,6,11-14,17-20H2,1-5H3;5-8,17-19,22H,4,9-16H2,1-3H3;3-5H,1-2H3. The fourth-order valence-electron chi connectivity index (χ4n) is 11.2. The minimum absolute atomic E-state index is 0.00990. The van der Waals surface area contributed by atoms with Crippen molar-refractivity contribution in [3.63, 3.8) is 0 Å². The van der Waals surface area contributed by atoms with Crippen molar-refractivity contribution >= 4 is 41.1 Å². The molecule has 0 radical (unpaired) electrons. The number of halogens is 1. The summed E-state index contributed by atoms with van der Waals surface area (Å²) < 4.78 is 83.3. The predicted molar refractivity (Wildman–Crippen MR) is 309 cm³/mol. The molecule has 2 heterocycles. The van der Waals surface area contributed by atoms with Gasteiger partial charge < -0.3 is 43.5 Å². The van der Waals surface area contributed by atoms with E-state index in [4.69, 9.17) is 39.1 Å². The van der Waals surface area contributed by atoms with Crippen molar-refractivity contribution in [1.82, 2.24) is 19.4 Å². The monoisotopic (exact) mass is 1130 g/mol. The first kappa shape index (κ1) is 61.5. The SMILES string of the molecule is CCN(C1CCC(N2CCN(c3ccccc3OC(C)C)CC2)CC1)S(=O)(=O)c1ccc(OC)c(OC)c1.CCNC1CCC(N2CCN(c3ccccc3OC(C)C)CC2)CC1.COc1ccc(S(=O)(=O)Cl)cc1OC. The number of benzene rings is 4. The molecule has 0 amide bonds. The molecule has 8 rings (SSSR count). The number of sulfonamides is 1. The Morgan fingerprint density at radius 3 is 1.32 bits per heavy atom. The maximum Gasteiger partial charge on any atom is 0.261 e. The van der Waals surface area contributed by atoms with Crippen LogP contribution in [-0.2, 0) is 19.1 Å². The Bertz CT molecular complexity index is 2650. The predicted octanol–water partition coefficient (Wildman–Crippen LogP) is 9.78. The number of para-hydroxylation sites is 4. The maximum absolute atomic E-state index is 13.6. The van der Waals surface area contributed by atoms with E-state index in [1.165, 1.54) is 89.7 Å². The van der Waals surface area contributed by atoms with Crippen LogP contribution >= 0.6 is 10.7 Å². The number of rotatable bonds is 19. The summed E-state index contributed by atoms with van der Waals surface area (Å²) in [5.41, 5.74) is 2.43. The van der Waals surface area contributed by atoms with Gasteiger partial charge in [0.25, 0.3) is 9.05 Å². The highest BCUT2D eigenvalue weighted by atomic mass is 35.7. The van der Waals surface area contributed by atoms with E-state index >= 15 is 0 Å². The molecular weight excluding hydrogens is 1040 g/mol. The van der Waals surface area contributed by atoms with Gasteiger partial charge in [-0.2, -0.15) is 4.31 Å². The molecule has 0 spiro atoms. The largest absolute Gasteiger partial charge is 0.493 e. The first-order valence-corrected chi connectivity index (χ1v) is 31.3. The summed E-state index contributed by atoms with van der Waals surface area (Å²) in [5.74, 6) is 3.70. The maximum atomic E-state index is 13.6. The highest BCUT2D eigenvalue weighted by molar-refractivity contribution is 8.13. The number of anilines is 2. The Hall–Kier alpha value is -4.69. The molecule has 4 aromatic rings. The molecule has 4 fully saturated rings. The van der Waals surface area contributed by atoms with Crippen LogP contribution in [0.1, 0.15) is 92.9 Å². The number of hydrogen-bond acceptors (Lipinski definition) is 15. The first-order valence-electron chi connectivity index (χ1n) is 27.6. The molecule has 1 N–H and O–H groups in total. The van der Waals surface area contributed by atoms with Gasteiger partial charge in [0.15, 0.2) is 23.0 Å². The quantitative estimate of drug-likeness (QED) is 0.0887. The number of methoxy groups -OCH3 is 4. The number of piperazine rings is 2. The lowest BCUT2D eigenvalue weighted by atomic mass is 9.89. The summed E-state index contributed by atoms with van der Waals surface area (Å²) >= 11 is 0. The zero-order valence-corrected chi connectivity index (χ0v) is 49.7. The Labute approximate surface area is 465 Å². The fraction of sp³-hybridized carbons (Fsp3) is 0.586. The van der Waals surface area contributed by atoms with Gasteiger partial charge in [0, 0.05) is 106 Å². The second-order valence-electron chi connectivity index (χ2n) is 20.5. The van der Waals surface area contributed by atoms with Crippen LogP contribution in [0, 0.1) is 0 Å². The molecule has 16 nitrogen and oxygen atoms in total.